The lowest BCUT2D eigenvalue weighted by atomic mass is 9.47. The fraction of sp³-hybridized carbons (Fsp3) is 0.886. The van der Waals surface area contributed by atoms with E-state index in [9.17, 15) is 9.59 Å². The molecular formula is C35H59NO4. The minimum atomic E-state index is -0.525. The number of nitrogens with one attached hydrogen (secondary N) is 1. The lowest BCUT2D eigenvalue weighted by Gasteiger charge is -2.58. The maximum Gasteiger partial charge on any atom is 0.320 e. The summed E-state index contributed by atoms with van der Waals surface area (Å²) in [5.74, 6) is 4.38. The molecule has 4 aliphatic rings. The van der Waals surface area contributed by atoms with Crippen LogP contribution in [0.5, 0.6) is 0 Å². The monoisotopic (exact) mass is 557 g/mol. The fourth-order valence-electron chi connectivity index (χ4n) is 9.62. The molecule has 3 saturated carbocycles. The van der Waals surface area contributed by atoms with E-state index in [2.05, 4.69) is 46.0 Å². The van der Waals surface area contributed by atoms with Gasteiger partial charge < -0.3 is 9.47 Å². The van der Waals surface area contributed by atoms with Crippen molar-refractivity contribution in [1.29, 1.82) is 0 Å². The maximum absolute atomic E-state index is 12.5. The van der Waals surface area contributed by atoms with Gasteiger partial charge in [0.2, 0.25) is 0 Å². The second-order valence-corrected chi connectivity index (χ2v) is 15.8. The van der Waals surface area contributed by atoms with Crippen molar-refractivity contribution >= 4 is 11.9 Å². The maximum atomic E-state index is 12.5. The highest BCUT2D eigenvalue weighted by molar-refractivity contribution is 5.75. The van der Waals surface area contributed by atoms with Gasteiger partial charge in [-0.3, -0.25) is 14.9 Å². The second-order valence-electron chi connectivity index (χ2n) is 15.8. The summed E-state index contributed by atoms with van der Waals surface area (Å²) in [6.45, 7) is 18.0. The molecule has 3 fully saturated rings. The summed E-state index contributed by atoms with van der Waals surface area (Å²) in [5.41, 5.74) is 1.78. The van der Waals surface area contributed by atoms with E-state index in [-0.39, 0.29) is 36.5 Å². The zero-order valence-corrected chi connectivity index (χ0v) is 26.9. The first-order chi connectivity index (χ1) is 18.7. The molecule has 0 bridgehead atoms. The average molecular weight is 558 g/mol. The van der Waals surface area contributed by atoms with Crippen molar-refractivity contribution in [1.82, 2.24) is 5.32 Å². The Morgan fingerprint density at radius 2 is 1.70 bits per heavy atom. The third-order valence-corrected chi connectivity index (χ3v) is 11.5. The largest absolute Gasteiger partial charge is 0.461 e. The second kappa shape index (κ2) is 12.5. The average Bonchev–Trinajstić information content (AvgIpc) is 3.20. The normalized spacial score (nSPS) is 36.2. The number of hydrogen-bond donors (Lipinski definition) is 1. The van der Waals surface area contributed by atoms with Gasteiger partial charge in [0.1, 0.15) is 11.7 Å². The van der Waals surface area contributed by atoms with Crippen molar-refractivity contribution in [2.24, 2.45) is 46.3 Å². The number of allylic oxidation sites excluding steroid dienone is 1. The molecule has 1 N–H and O–H groups in total. The molecule has 228 valence electrons. The predicted molar refractivity (Wildman–Crippen MR) is 162 cm³/mol. The molecule has 40 heavy (non-hydrogen) atoms. The van der Waals surface area contributed by atoms with E-state index in [1.165, 1.54) is 51.4 Å². The topological polar surface area (TPSA) is 64.6 Å². The Morgan fingerprint density at radius 1 is 0.975 bits per heavy atom. The van der Waals surface area contributed by atoms with Crippen LogP contribution < -0.4 is 5.32 Å². The van der Waals surface area contributed by atoms with E-state index in [0.29, 0.717) is 5.41 Å². The van der Waals surface area contributed by atoms with Crippen molar-refractivity contribution in [2.75, 3.05) is 13.1 Å². The van der Waals surface area contributed by atoms with Gasteiger partial charge >= 0.3 is 11.9 Å². The summed E-state index contributed by atoms with van der Waals surface area (Å²) < 4.78 is 11.2. The Balaban J connectivity index is 1.31. The van der Waals surface area contributed by atoms with E-state index in [4.69, 9.17) is 9.47 Å². The summed E-state index contributed by atoms with van der Waals surface area (Å²) in [5, 5.41) is 2.89. The number of fused-ring (bicyclic) bond motifs is 5. The smallest absolute Gasteiger partial charge is 0.320 e. The third kappa shape index (κ3) is 6.98. The molecule has 0 spiro atoms. The molecule has 4 rings (SSSR count). The zero-order valence-electron chi connectivity index (χ0n) is 26.9. The SMILES string of the molecule is CC(C)CCC[C@H](C)[C@@H]1CC[C@@H]2[C@H]3CC=C4C[C@H](OC(=O)CNCC(=O)OC(C)(C)C)CC[C@@]4(C)[C@@H]3CC[C@]21C. The van der Waals surface area contributed by atoms with Gasteiger partial charge in [-0.2, -0.15) is 0 Å². The fourth-order valence-corrected chi connectivity index (χ4v) is 9.62. The van der Waals surface area contributed by atoms with Crippen LogP contribution >= 0.6 is 0 Å². The highest BCUT2D eigenvalue weighted by atomic mass is 16.6. The Labute approximate surface area is 245 Å². The number of carbonyl (C=O) groups excluding carboxylic acids is 2. The minimum Gasteiger partial charge on any atom is -0.461 e. The van der Waals surface area contributed by atoms with Gasteiger partial charge in [-0.25, -0.2) is 0 Å². The Kier molecular flexibility index (Phi) is 9.85. The summed E-state index contributed by atoms with van der Waals surface area (Å²) in [4.78, 5) is 24.4. The summed E-state index contributed by atoms with van der Waals surface area (Å²) in [6.07, 6.45) is 16.4. The summed E-state index contributed by atoms with van der Waals surface area (Å²) in [6, 6.07) is 0. The molecule has 0 unspecified atom stereocenters. The molecule has 0 saturated heterocycles. The lowest BCUT2D eigenvalue weighted by molar-refractivity contribution is -0.154. The van der Waals surface area contributed by atoms with E-state index in [1.54, 1.807) is 5.57 Å². The van der Waals surface area contributed by atoms with Gasteiger partial charge in [0.05, 0.1) is 13.1 Å². The Hall–Kier alpha value is -1.36. The van der Waals surface area contributed by atoms with Crippen LogP contribution in [-0.4, -0.2) is 36.7 Å². The molecule has 0 aromatic carbocycles. The van der Waals surface area contributed by atoms with E-state index in [1.807, 2.05) is 20.8 Å². The number of carbonyl (C=O) groups is 2. The molecule has 0 aliphatic heterocycles. The van der Waals surface area contributed by atoms with Gasteiger partial charge in [0, 0.05) is 6.42 Å². The van der Waals surface area contributed by atoms with Gasteiger partial charge in [0.25, 0.3) is 0 Å². The Bertz CT molecular complexity index is 934. The first kappa shape index (κ1) is 31.6. The van der Waals surface area contributed by atoms with Crippen LogP contribution in [-0.2, 0) is 19.1 Å². The highest BCUT2D eigenvalue weighted by Crippen LogP contribution is 2.67. The standard InChI is InChI=1S/C35H59NO4/c1-23(2)10-9-11-24(3)28-14-15-29-27-13-12-25-20-26(16-18-34(25,7)30(27)17-19-35(28,29)8)39-31(37)21-36-22-32(38)40-33(4,5)6/h12,23-24,26-30,36H,9-11,13-22H2,1-8H3/t24-,26+,27+,28-,29+,30+,34+,35-/m0/s1. The van der Waals surface area contributed by atoms with Crippen molar-refractivity contribution in [3.63, 3.8) is 0 Å². The van der Waals surface area contributed by atoms with Crippen LogP contribution in [0.15, 0.2) is 11.6 Å². The van der Waals surface area contributed by atoms with Crippen molar-refractivity contribution in [3.8, 4) is 0 Å². The third-order valence-electron chi connectivity index (χ3n) is 11.5. The molecule has 0 heterocycles. The van der Waals surface area contributed by atoms with Crippen LogP contribution in [0, 0.1) is 46.3 Å². The predicted octanol–water partition coefficient (Wildman–Crippen LogP) is 7.87. The number of esters is 2. The molecule has 0 radical (unpaired) electrons. The van der Waals surface area contributed by atoms with Gasteiger partial charge in [-0.05, 0) is 112 Å². The number of rotatable bonds is 10. The first-order valence-electron chi connectivity index (χ1n) is 16.5. The summed E-state index contributed by atoms with van der Waals surface area (Å²) in [7, 11) is 0. The number of ether oxygens (including phenoxy) is 2. The van der Waals surface area contributed by atoms with Crippen molar-refractivity contribution < 1.29 is 19.1 Å². The molecule has 0 aromatic rings. The van der Waals surface area contributed by atoms with Gasteiger partial charge in [-0.15, -0.1) is 0 Å². The number of hydrogen-bond acceptors (Lipinski definition) is 5. The highest BCUT2D eigenvalue weighted by Gasteiger charge is 2.59. The molecule has 0 aromatic heterocycles. The Morgan fingerprint density at radius 3 is 2.40 bits per heavy atom. The van der Waals surface area contributed by atoms with Crippen LogP contribution in [0.1, 0.15) is 126 Å². The first-order valence-corrected chi connectivity index (χ1v) is 16.5. The summed E-state index contributed by atoms with van der Waals surface area (Å²) >= 11 is 0. The molecule has 5 nitrogen and oxygen atoms in total. The van der Waals surface area contributed by atoms with E-state index < -0.39 is 5.60 Å². The van der Waals surface area contributed by atoms with E-state index >= 15 is 0 Å². The molecule has 8 atom stereocenters. The van der Waals surface area contributed by atoms with Crippen LogP contribution in [0.3, 0.4) is 0 Å². The van der Waals surface area contributed by atoms with Crippen LogP contribution in [0.25, 0.3) is 0 Å². The van der Waals surface area contributed by atoms with Crippen LogP contribution in [0.2, 0.25) is 0 Å². The molecule has 5 heteroatoms. The van der Waals surface area contributed by atoms with E-state index in [0.717, 1.165) is 54.8 Å². The van der Waals surface area contributed by atoms with Crippen molar-refractivity contribution in [2.45, 2.75) is 138 Å². The van der Waals surface area contributed by atoms with Crippen molar-refractivity contribution in [3.05, 3.63) is 11.6 Å². The quantitative estimate of drug-likeness (QED) is 0.219. The van der Waals surface area contributed by atoms with Gasteiger partial charge in [-0.1, -0.05) is 65.5 Å². The zero-order chi connectivity index (χ0) is 29.3. The minimum absolute atomic E-state index is 0.0149. The van der Waals surface area contributed by atoms with Gasteiger partial charge in [0.15, 0.2) is 0 Å². The lowest BCUT2D eigenvalue weighted by Crippen LogP contribution is -2.51. The van der Waals surface area contributed by atoms with Crippen LogP contribution in [0.4, 0.5) is 0 Å². The molecular weight excluding hydrogens is 498 g/mol. The molecule has 4 aliphatic carbocycles. The molecule has 0 amide bonds.